The molecule has 0 saturated heterocycles. The molecular weight excluding hydrogens is 429 g/mol. The van der Waals surface area contributed by atoms with E-state index in [1.54, 1.807) is 0 Å². The van der Waals surface area contributed by atoms with E-state index in [-0.39, 0.29) is 11.6 Å². The monoisotopic (exact) mass is 457 g/mol. The predicted molar refractivity (Wildman–Crippen MR) is 134 cm³/mol. The maximum Gasteiger partial charge on any atom is 0.163 e. The lowest BCUT2D eigenvalue weighted by Gasteiger charge is -2.16. The summed E-state index contributed by atoms with van der Waals surface area (Å²) in [7, 11) is 0. The molecule has 174 valence electrons. The smallest absolute Gasteiger partial charge is 0.163 e. The van der Waals surface area contributed by atoms with Gasteiger partial charge in [0.2, 0.25) is 0 Å². The van der Waals surface area contributed by atoms with E-state index in [0.29, 0.717) is 30.1 Å². The average Bonchev–Trinajstić information content (AvgIpc) is 3.13. The maximum absolute atomic E-state index is 14.2. The number of anilines is 3. The van der Waals surface area contributed by atoms with Gasteiger partial charge in [-0.1, -0.05) is 6.07 Å². The highest BCUT2D eigenvalue weighted by atomic mass is 19.1. The number of Topliss-reactive ketones (excluding diaryl/α,β-unsaturated/α-hetero) is 1. The van der Waals surface area contributed by atoms with Gasteiger partial charge in [0, 0.05) is 41.4 Å². The largest absolute Gasteiger partial charge is 0.370 e. The van der Waals surface area contributed by atoms with E-state index < -0.39 is 0 Å². The maximum atomic E-state index is 14.2. The molecule has 1 aliphatic rings. The van der Waals surface area contributed by atoms with Crippen LogP contribution in [0.15, 0.2) is 36.4 Å². The molecule has 0 radical (unpaired) electrons. The second-order valence-corrected chi connectivity index (χ2v) is 8.98. The summed E-state index contributed by atoms with van der Waals surface area (Å²) in [5.41, 5.74) is 6.57. The molecule has 7 heteroatoms. The van der Waals surface area contributed by atoms with Crippen LogP contribution in [0.4, 0.5) is 21.7 Å². The Kier molecular flexibility index (Phi) is 5.77. The number of nitrogens with one attached hydrogen (secondary N) is 3. The zero-order valence-corrected chi connectivity index (χ0v) is 19.7. The molecule has 3 N–H and O–H groups in total. The normalized spacial score (nSPS) is 13.2. The van der Waals surface area contributed by atoms with Crippen LogP contribution >= 0.6 is 0 Å². The molecule has 34 heavy (non-hydrogen) atoms. The number of rotatable bonds is 6. The fourth-order valence-electron chi connectivity index (χ4n) is 4.87. The van der Waals surface area contributed by atoms with E-state index in [9.17, 15) is 9.18 Å². The van der Waals surface area contributed by atoms with Gasteiger partial charge in [-0.2, -0.15) is 0 Å². The van der Waals surface area contributed by atoms with Crippen molar-refractivity contribution in [2.75, 3.05) is 17.2 Å². The number of aryl methyl sites for hydroxylation is 4. The van der Waals surface area contributed by atoms with Gasteiger partial charge < -0.3 is 15.6 Å². The number of aromatic amines is 1. The van der Waals surface area contributed by atoms with Crippen molar-refractivity contribution in [3.05, 3.63) is 76.0 Å². The first-order valence-electron chi connectivity index (χ1n) is 11.7. The van der Waals surface area contributed by atoms with Crippen LogP contribution < -0.4 is 10.6 Å². The average molecular weight is 458 g/mol. The minimum absolute atomic E-state index is 0.223. The Hall–Kier alpha value is -3.74. The first kappa shape index (κ1) is 22.1. The lowest BCUT2D eigenvalue weighted by molar-refractivity contribution is 0.0972. The van der Waals surface area contributed by atoms with Crippen LogP contribution in [0.25, 0.3) is 10.9 Å². The van der Waals surface area contributed by atoms with Gasteiger partial charge in [-0.15, -0.1) is 0 Å². The molecule has 0 unspecified atom stereocenters. The molecule has 1 aliphatic carbocycles. The van der Waals surface area contributed by atoms with E-state index in [2.05, 4.69) is 25.6 Å². The van der Waals surface area contributed by atoms with E-state index >= 15 is 0 Å². The zero-order valence-electron chi connectivity index (χ0n) is 19.7. The fourth-order valence-corrected chi connectivity index (χ4v) is 4.87. The van der Waals surface area contributed by atoms with Gasteiger partial charge >= 0.3 is 0 Å². The summed E-state index contributed by atoms with van der Waals surface area (Å²) >= 11 is 0. The van der Waals surface area contributed by atoms with Crippen LogP contribution in [0.1, 0.15) is 51.4 Å². The van der Waals surface area contributed by atoms with Crippen molar-refractivity contribution in [2.24, 2.45) is 0 Å². The molecule has 2 aromatic carbocycles. The van der Waals surface area contributed by atoms with Crippen molar-refractivity contribution >= 4 is 34.0 Å². The molecule has 4 aromatic rings. The molecule has 0 spiro atoms. The van der Waals surface area contributed by atoms with Crippen LogP contribution in [-0.2, 0) is 12.8 Å². The van der Waals surface area contributed by atoms with Gasteiger partial charge in [-0.3, -0.25) is 4.79 Å². The van der Waals surface area contributed by atoms with Gasteiger partial charge in [0.05, 0.1) is 5.52 Å². The van der Waals surface area contributed by atoms with Crippen molar-refractivity contribution in [2.45, 2.75) is 46.5 Å². The van der Waals surface area contributed by atoms with Gasteiger partial charge in [0.25, 0.3) is 0 Å². The Balaban J connectivity index is 1.31. The molecule has 6 nitrogen and oxygen atoms in total. The number of benzene rings is 2. The Bertz CT molecular complexity index is 1410. The summed E-state index contributed by atoms with van der Waals surface area (Å²) in [5.74, 6) is 2.07. The number of aromatic nitrogens is 3. The van der Waals surface area contributed by atoms with E-state index in [1.165, 1.54) is 6.07 Å². The standard InChI is InChI=1S/C27H28FN5O/c1-15-7-10-22(28)27-26(15)20(16(2)30-27)11-12-29-24-14-25(32-17(3)31-24)33-19-8-9-21-18(13-19)5-4-6-23(21)34/h7-10,13-14,30H,4-6,11-12H2,1-3H3,(H2,29,31,32,33). The third-order valence-corrected chi connectivity index (χ3v) is 6.48. The van der Waals surface area contributed by atoms with Crippen molar-refractivity contribution < 1.29 is 9.18 Å². The van der Waals surface area contributed by atoms with Gasteiger partial charge in [-0.25, -0.2) is 14.4 Å². The topological polar surface area (TPSA) is 82.7 Å². The van der Waals surface area contributed by atoms with Crippen LogP contribution in [-0.4, -0.2) is 27.3 Å². The van der Waals surface area contributed by atoms with Crippen LogP contribution in [0.2, 0.25) is 0 Å². The first-order valence-corrected chi connectivity index (χ1v) is 11.7. The summed E-state index contributed by atoms with van der Waals surface area (Å²) in [6.07, 6.45) is 3.19. The number of H-pyrrole nitrogens is 1. The van der Waals surface area contributed by atoms with E-state index in [1.807, 2.05) is 51.1 Å². The van der Waals surface area contributed by atoms with Crippen molar-refractivity contribution in [1.82, 2.24) is 15.0 Å². The SMILES string of the molecule is Cc1nc(NCCc2c(C)[nH]c3c(F)ccc(C)c23)cc(Nc2ccc3c(c2)CCCC3=O)n1. The fraction of sp³-hybridized carbons (Fsp3) is 0.296. The third kappa shape index (κ3) is 4.25. The summed E-state index contributed by atoms with van der Waals surface area (Å²) in [6, 6.07) is 11.1. The lowest BCUT2D eigenvalue weighted by atomic mass is 9.90. The molecule has 0 amide bonds. The quantitative estimate of drug-likeness (QED) is 0.334. The molecule has 2 aromatic heterocycles. The van der Waals surface area contributed by atoms with Gasteiger partial charge in [0.1, 0.15) is 23.3 Å². The molecule has 0 atom stereocenters. The van der Waals surface area contributed by atoms with Gasteiger partial charge in [0.15, 0.2) is 5.78 Å². The molecule has 0 aliphatic heterocycles. The minimum atomic E-state index is -0.225. The summed E-state index contributed by atoms with van der Waals surface area (Å²) < 4.78 is 14.2. The van der Waals surface area contributed by atoms with Gasteiger partial charge in [-0.05, 0) is 81.0 Å². The minimum Gasteiger partial charge on any atom is -0.370 e. The Morgan fingerprint density at radius 2 is 1.85 bits per heavy atom. The van der Waals surface area contributed by atoms with Crippen molar-refractivity contribution in [3.63, 3.8) is 0 Å². The Labute approximate surface area is 198 Å². The number of carbonyl (C=O) groups excluding carboxylic acids is 1. The number of hydrogen-bond donors (Lipinski definition) is 3. The second-order valence-electron chi connectivity index (χ2n) is 8.98. The van der Waals surface area contributed by atoms with E-state index in [4.69, 9.17) is 0 Å². The number of halogens is 1. The Morgan fingerprint density at radius 1 is 1.03 bits per heavy atom. The van der Waals surface area contributed by atoms with E-state index in [0.717, 1.165) is 64.1 Å². The van der Waals surface area contributed by atoms with Crippen LogP contribution in [0.3, 0.4) is 0 Å². The first-order chi connectivity index (χ1) is 16.4. The lowest BCUT2D eigenvalue weighted by Crippen LogP contribution is -2.11. The molecule has 2 heterocycles. The predicted octanol–water partition coefficient (Wildman–Crippen LogP) is 5.94. The zero-order chi connectivity index (χ0) is 23.8. The third-order valence-electron chi connectivity index (χ3n) is 6.48. The number of nitrogens with zero attached hydrogens (tertiary/aromatic N) is 2. The van der Waals surface area contributed by atoms with Crippen LogP contribution in [0, 0.1) is 26.6 Å². The number of hydrogen-bond acceptors (Lipinski definition) is 5. The number of fused-ring (bicyclic) bond motifs is 2. The second kappa shape index (κ2) is 8.89. The summed E-state index contributed by atoms with van der Waals surface area (Å²) in [5, 5.41) is 7.70. The highest BCUT2D eigenvalue weighted by molar-refractivity contribution is 5.99. The molecule has 0 saturated carbocycles. The molecular formula is C27H28FN5O. The van der Waals surface area contributed by atoms with Crippen molar-refractivity contribution in [3.8, 4) is 0 Å². The summed E-state index contributed by atoms with van der Waals surface area (Å²) in [4.78, 5) is 24.3. The van der Waals surface area contributed by atoms with Crippen molar-refractivity contribution in [1.29, 1.82) is 0 Å². The molecule has 5 rings (SSSR count). The Morgan fingerprint density at radius 3 is 2.71 bits per heavy atom. The molecule has 0 fully saturated rings. The number of carbonyl (C=O) groups is 1. The molecule has 0 bridgehead atoms. The van der Waals surface area contributed by atoms with Crippen LogP contribution in [0.5, 0.6) is 0 Å². The highest BCUT2D eigenvalue weighted by Gasteiger charge is 2.17. The highest BCUT2D eigenvalue weighted by Crippen LogP contribution is 2.29. The number of ketones is 1. The summed E-state index contributed by atoms with van der Waals surface area (Å²) in [6.45, 7) is 6.50.